The number of likely N-dealkylation sites (tertiary alicyclic amines) is 1. The van der Waals surface area contributed by atoms with Crippen LogP contribution in [0, 0.1) is 5.92 Å². The fourth-order valence-electron chi connectivity index (χ4n) is 4.60. The maximum Gasteiger partial charge on any atom is 0.298 e. The first-order valence-corrected chi connectivity index (χ1v) is 10.8. The minimum absolute atomic E-state index is 0.0907. The molecule has 5 rings (SSSR count). The number of hydrogen-bond donors (Lipinski definition) is 1. The predicted octanol–water partition coefficient (Wildman–Crippen LogP) is 2.81. The molecule has 3 aromatic rings. The van der Waals surface area contributed by atoms with Crippen LogP contribution in [0.2, 0.25) is 0 Å². The lowest BCUT2D eigenvalue weighted by molar-refractivity contribution is -0.126. The van der Waals surface area contributed by atoms with Crippen LogP contribution < -0.4 is 10.2 Å². The van der Waals surface area contributed by atoms with Crippen molar-refractivity contribution in [1.29, 1.82) is 0 Å². The molecule has 8 heteroatoms. The van der Waals surface area contributed by atoms with E-state index in [1.807, 2.05) is 24.3 Å². The summed E-state index contributed by atoms with van der Waals surface area (Å²) in [6, 6.07) is 11.0. The van der Waals surface area contributed by atoms with Gasteiger partial charge in [-0.25, -0.2) is 0 Å². The number of piperidine rings is 2. The third-order valence-electron chi connectivity index (χ3n) is 6.37. The van der Waals surface area contributed by atoms with Crippen molar-refractivity contribution in [1.82, 2.24) is 20.4 Å². The van der Waals surface area contributed by atoms with E-state index >= 15 is 0 Å². The van der Waals surface area contributed by atoms with E-state index < -0.39 is 0 Å². The molecule has 8 nitrogen and oxygen atoms in total. The largest absolute Gasteiger partial charge is 0.423 e. The van der Waals surface area contributed by atoms with Gasteiger partial charge in [-0.05, 0) is 50.9 Å². The van der Waals surface area contributed by atoms with Crippen LogP contribution in [0.3, 0.4) is 0 Å². The van der Waals surface area contributed by atoms with Crippen molar-refractivity contribution in [3.8, 4) is 0 Å². The van der Waals surface area contributed by atoms with E-state index in [9.17, 15) is 4.79 Å². The predicted molar refractivity (Wildman–Crippen MR) is 112 cm³/mol. The SMILES string of the molecule is O=C(NCc1ccon1)C1CCN(C2CCN(c3nc4ccccc4o3)CC2)CC1. The molecule has 2 saturated heterocycles. The minimum Gasteiger partial charge on any atom is -0.423 e. The highest BCUT2D eigenvalue weighted by atomic mass is 16.5. The Bertz CT molecular complexity index is 937. The van der Waals surface area contributed by atoms with Gasteiger partial charge in [-0.15, -0.1) is 0 Å². The van der Waals surface area contributed by atoms with Gasteiger partial charge in [0.2, 0.25) is 5.91 Å². The zero-order chi connectivity index (χ0) is 20.3. The highest BCUT2D eigenvalue weighted by Gasteiger charge is 2.31. The van der Waals surface area contributed by atoms with Crippen LogP contribution in [0.1, 0.15) is 31.4 Å². The molecule has 0 saturated carbocycles. The second kappa shape index (κ2) is 8.47. The van der Waals surface area contributed by atoms with E-state index in [0.29, 0.717) is 12.6 Å². The molecule has 0 unspecified atom stereocenters. The molecule has 0 atom stereocenters. The maximum atomic E-state index is 12.4. The third kappa shape index (κ3) is 4.05. The van der Waals surface area contributed by atoms with Gasteiger partial charge in [0, 0.05) is 31.1 Å². The van der Waals surface area contributed by atoms with Crippen molar-refractivity contribution in [3.05, 3.63) is 42.3 Å². The number of rotatable bonds is 5. The van der Waals surface area contributed by atoms with E-state index in [4.69, 9.17) is 8.94 Å². The lowest BCUT2D eigenvalue weighted by Crippen LogP contribution is -2.49. The normalized spacial score (nSPS) is 19.4. The molecule has 2 aliphatic heterocycles. The molecule has 2 aliphatic rings. The van der Waals surface area contributed by atoms with Crippen LogP contribution in [-0.2, 0) is 11.3 Å². The Morgan fingerprint density at radius 3 is 2.60 bits per heavy atom. The van der Waals surface area contributed by atoms with E-state index in [-0.39, 0.29) is 11.8 Å². The summed E-state index contributed by atoms with van der Waals surface area (Å²) in [5, 5.41) is 6.81. The summed E-state index contributed by atoms with van der Waals surface area (Å²) in [7, 11) is 0. The monoisotopic (exact) mass is 409 g/mol. The van der Waals surface area contributed by atoms with E-state index in [0.717, 1.165) is 74.7 Å². The van der Waals surface area contributed by atoms with Crippen molar-refractivity contribution >= 4 is 23.0 Å². The lowest BCUT2D eigenvalue weighted by Gasteiger charge is -2.41. The van der Waals surface area contributed by atoms with Gasteiger partial charge < -0.3 is 24.1 Å². The second-order valence-corrected chi connectivity index (χ2v) is 8.20. The van der Waals surface area contributed by atoms with E-state index in [1.165, 1.54) is 6.26 Å². The standard InChI is InChI=1S/C22H27N5O3/c28-21(23-15-17-9-14-29-25-17)16-5-10-26(11-6-16)18-7-12-27(13-8-18)22-24-19-3-1-2-4-20(19)30-22/h1-4,9,14,16,18H,5-8,10-13,15H2,(H,23,28). The Kier molecular flexibility index (Phi) is 5.40. The van der Waals surface area contributed by atoms with Crippen molar-refractivity contribution in [2.75, 3.05) is 31.1 Å². The fraction of sp³-hybridized carbons (Fsp3) is 0.500. The van der Waals surface area contributed by atoms with Crippen LogP contribution in [-0.4, -0.2) is 53.2 Å². The van der Waals surface area contributed by atoms with E-state index in [1.54, 1.807) is 6.07 Å². The number of para-hydroxylation sites is 2. The molecule has 158 valence electrons. The summed E-state index contributed by atoms with van der Waals surface area (Å²) in [4.78, 5) is 21.9. The van der Waals surface area contributed by atoms with Gasteiger partial charge in [-0.1, -0.05) is 17.3 Å². The molecular weight excluding hydrogens is 382 g/mol. The number of nitrogens with one attached hydrogen (secondary N) is 1. The first kappa shape index (κ1) is 19.1. The van der Waals surface area contributed by atoms with Crippen molar-refractivity contribution in [3.63, 3.8) is 0 Å². The van der Waals surface area contributed by atoms with Crippen molar-refractivity contribution < 1.29 is 13.7 Å². The number of carbonyl (C=O) groups excluding carboxylic acids is 1. The fourth-order valence-corrected chi connectivity index (χ4v) is 4.60. The molecule has 1 amide bonds. The third-order valence-corrected chi connectivity index (χ3v) is 6.37. The Morgan fingerprint density at radius 1 is 1.07 bits per heavy atom. The van der Waals surface area contributed by atoms with Gasteiger partial charge in [0.25, 0.3) is 6.01 Å². The number of nitrogens with zero attached hydrogens (tertiary/aromatic N) is 4. The molecule has 2 aromatic heterocycles. The number of hydrogen-bond acceptors (Lipinski definition) is 7. The highest BCUT2D eigenvalue weighted by molar-refractivity contribution is 5.78. The number of oxazole rings is 1. The van der Waals surface area contributed by atoms with Gasteiger partial charge in [0.15, 0.2) is 5.58 Å². The van der Waals surface area contributed by atoms with Crippen molar-refractivity contribution in [2.45, 2.75) is 38.3 Å². The minimum atomic E-state index is 0.0907. The second-order valence-electron chi connectivity index (χ2n) is 8.20. The van der Waals surface area contributed by atoms with Crippen LogP contribution in [0.15, 0.2) is 45.5 Å². The summed E-state index contributed by atoms with van der Waals surface area (Å²) in [5.74, 6) is 0.219. The molecule has 1 aromatic carbocycles. The number of aromatic nitrogens is 2. The van der Waals surface area contributed by atoms with Gasteiger partial charge in [0.1, 0.15) is 17.5 Å². The molecule has 0 radical (unpaired) electrons. The summed E-state index contributed by atoms with van der Waals surface area (Å²) < 4.78 is 10.7. The Hall–Kier alpha value is -2.87. The summed E-state index contributed by atoms with van der Waals surface area (Å²) in [6.45, 7) is 4.31. The molecule has 30 heavy (non-hydrogen) atoms. The van der Waals surface area contributed by atoms with Crippen LogP contribution >= 0.6 is 0 Å². The molecule has 2 fully saturated rings. The van der Waals surface area contributed by atoms with Gasteiger partial charge >= 0.3 is 0 Å². The molecule has 0 spiro atoms. The Balaban J connectivity index is 1.08. The summed E-state index contributed by atoms with van der Waals surface area (Å²) in [6.07, 6.45) is 5.55. The molecule has 0 aliphatic carbocycles. The van der Waals surface area contributed by atoms with Crippen LogP contribution in [0.4, 0.5) is 6.01 Å². The van der Waals surface area contributed by atoms with Crippen molar-refractivity contribution in [2.24, 2.45) is 5.92 Å². The average molecular weight is 409 g/mol. The first-order chi connectivity index (χ1) is 14.8. The number of fused-ring (bicyclic) bond motifs is 1. The first-order valence-electron chi connectivity index (χ1n) is 10.8. The molecular formula is C22H27N5O3. The Labute approximate surface area is 175 Å². The number of benzene rings is 1. The lowest BCUT2D eigenvalue weighted by atomic mass is 9.93. The zero-order valence-electron chi connectivity index (χ0n) is 17.0. The quantitative estimate of drug-likeness (QED) is 0.693. The highest BCUT2D eigenvalue weighted by Crippen LogP contribution is 2.28. The topological polar surface area (TPSA) is 87.6 Å². The molecule has 0 bridgehead atoms. The number of anilines is 1. The summed E-state index contributed by atoms with van der Waals surface area (Å²) >= 11 is 0. The summed E-state index contributed by atoms with van der Waals surface area (Å²) in [5.41, 5.74) is 2.52. The maximum absolute atomic E-state index is 12.4. The number of amides is 1. The number of carbonyl (C=O) groups is 1. The molecule has 1 N–H and O–H groups in total. The van der Waals surface area contributed by atoms with Gasteiger partial charge in [-0.2, -0.15) is 4.98 Å². The van der Waals surface area contributed by atoms with Gasteiger partial charge in [0.05, 0.1) is 6.54 Å². The van der Waals surface area contributed by atoms with Gasteiger partial charge in [-0.3, -0.25) is 4.79 Å². The molecule has 4 heterocycles. The zero-order valence-corrected chi connectivity index (χ0v) is 17.0. The van der Waals surface area contributed by atoms with E-state index in [2.05, 4.69) is 25.3 Å². The van der Waals surface area contributed by atoms with Crippen LogP contribution in [0.25, 0.3) is 11.1 Å². The average Bonchev–Trinajstić information content (AvgIpc) is 3.47. The van der Waals surface area contributed by atoms with Crippen LogP contribution in [0.5, 0.6) is 0 Å². The smallest absolute Gasteiger partial charge is 0.298 e. The Morgan fingerprint density at radius 2 is 1.87 bits per heavy atom.